The topological polar surface area (TPSA) is 166 Å². The predicted molar refractivity (Wildman–Crippen MR) is 154 cm³/mol. The van der Waals surface area contributed by atoms with E-state index in [1.54, 1.807) is 31.2 Å². The van der Waals surface area contributed by atoms with E-state index in [0.29, 0.717) is 24.2 Å². The quantitative estimate of drug-likeness (QED) is 0.127. The van der Waals surface area contributed by atoms with E-state index in [4.69, 9.17) is 14.9 Å². The number of aromatic nitrogens is 2. The van der Waals surface area contributed by atoms with Gasteiger partial charge in [-0.3, -0.25) is 15.0 Å². The van der Waals surface area contributed by atoms with Gasteiger partial charge in [-0.25, -0.2) is 4.79 Å². The van der Waals surface area contributed by atoms with Crippen molar-refractivity contribution in [1.29, 1.82) is 0 Å². The molecule has 0 spiro atoms. The molecular weight excluding hydrogens is 520 g/mol. The second-order valence-electron chi connectivity index (χ2n) is 10.5. The first-order valence-electron chi connectivity index (χ1n) is 12.8. The predicted octanol–water partition coefficient (Wildman–Crippen LogP) is 5.25. The van der Waals surface area contributed by atoms with Crippen molar-refractivity contribution in [3.63, 3.8) is 0 Å². The SMILES string of the molecule is C=CCCC(CO)Nc1nc(N)c([N+](=O)[O-])c(N(Cc2cccc(O[Si](C)(C)C(C)(C)C)c2)C(=O)OCC)n1. The summed E-state index contributed by atoms with van der Waals surface area (Å²) >= 11 is 0. The van der Waals surface area contributed by atoms with Crippen LogP contribution >= 0.6 is 0 Å². The number of hydrogen-bond donors (Lipinski definition) is 3. The van der Waals surface area contributed by atoms with Crippen LogP contribution in [0.4, 0.5) is 28.1 Å². The van der Waals surface area contributed by atoms with E-state index in [-0.39, 0.29) is 36.6 Å². The third kappa shape index (κ3) is 8.39. The zero-order valence-electron chi connectivity index (χ0n) is 23.6. The summed E-state index contributed by atoms with van der Waals surface area (Å²) < 4.78 is 11.6. The van der Waals surface area contributed by atoms with Crippen LogP contribution in [0.25, 0.3) is 0 Å². The van der Waals surface area contributed by atoms with E-state index in [9.17, 15) is 20.0 Å². The summed E-state index contributed by atoms with van der Waals surface area (Å²) in [6.07, 6.45) is 1.98. The highest BCUT2D eigenvalue weighted by Gasteiger charge is 2.39. The van der Waals surface area contributed by atoms with Gasteiger partial charge in [-0.05, 0) is 55.6 Å². The molecule has 1 heterocycles. The van der Waals surface area contributed by atoms with Crippen LogP contribution in [0, 0.1) is 10.1 Å². The summed E-state index contributed by atoms with van der Waals surface area (Å²) in [6.45, 7) is 15.6. The normalized spacial score (nSPS) is 12.4. The van der Waals surface area contributed by atoms with Crippen molar-refractivity contribution in [2.45, 2.75) is 71.3 Å². The van der Waals surface area contributed by atoms with Crippen molar-refractivity contribution in [2.75, 3.05) is 29.2 Å². The Bertz CT molecular complexity index is 1170. The number of nitrogen functional groups attached to an aromatic ring is 1. The Balaban J connectivity index is 2.55. The summed E-state index contributed by atoms with van der Waals surface area (Å²) in [4.78, 5) is 33.7. The monoisotopic (exact) mass is 560 g/mol. The summed E-state index contributed by atoms with van der Waals surface area (Å²) in [7, 11) is -2.14. The van der Waals surface area contributed by atoms with Crippen molar-refractivity contribution in [1.82, 2.24) is 9.97 Å². The lowest BCUT2D eigenvalue weighted by Gasteiger charge is -2.36. The first kappa shape index (κ1) is 31.5. The first-order chi connectivity index (χ1) is 18.2. The molecule has 0 radical (unpaired) electrons. The first-order valence-corrected chi connectivity index (χ1v) is 15.7. The Hall–Kier alpha value is -3.71. The second kappa shape index (κ2) is 13.4. The third-order valence-electron chi connectivity index (χ3n) is 6.51. The maximum Gasteiger partial charge on any atom is 0.415 e. The zero-order valence-corrected chi connectivity index (χ0v) is 24.6. The summed E-state index contributed by atoms with van der Waals surface area (Å²) in [5, 5.41) is 24.6. The molecule has 0 aliphatic rings. The van der Waals surface area contributed by atoms with Crippen LogP contribution in [0.15, 0.2) is 36.9 Å². The molecule has 0 aliphatic carbocycles. The molecule has 1 atom stereocenters. The molecule has 1 amide bonds. The Kier molecular flexibility index (Phi) is 10.8. The highest BCUT2D eigenvalue weighted by atomic mass is 28.4. The number of aliphatic hydroxyl groups excluding tert-OH is 1. The van der Waals surface area contributed by atoms with Crippen molar-refractivity contribution >= 4 is 37.7 Å². The summed E-state index contributed by atoms with van der Waals surface area (Å²) in [5.74, 6) is -0.197. The summed E-state index contributed by atoms with van der Waals surface area (Å²) in [6, 6.07) is 6.74. The Morgan fingerprint density at radius 2 is 2.05 bits per heavy atom. The van der Waals surface area contributed by atoms with Gasteiger partial charge in [-0.2, -0.15) is 9.97 Å². The van der Waals surface area contributed by atoms with E-state index in [1.165, 1.54) is 0 Å². The molecule has 13 heteroatoms. The number of ether oxygens (including phenoxy) is 1. The zero-order chi connectivity index (χ0) is 29.4. The molecule has 0 saturated heterocycles. The molecular formula is C26H40N6O6Si. The molecule has 2 rings (SSSR count). The van der Waals surface area contributed by atoms with Gasteiger partial charge in [0.25, 0.3) is 0 Å². The number of nitrogens with zero attached hydrogens (tertiary/aromatic N) is 4. The standard InChI is InChI=1S/C26H40N6O6Si/c1-8-10-13-19(17-33)28-24-29-22(27)21(32(35)36)23(30-24)31(25(34)37-9-2)16-18-12-11-14-20(15-18)38-39(6,7)26(3,4)5/h8,11-12,14-15,19,33H,1,9-10,13,16-17H2,2-7H3,(H3,27,28,29,30). The largest absolute Gasteiger partial charge is 0.543 e. The number of allylic oxidation sites excluding steroid dienone is 1. The van der Waals surface area contributed by atoms with Gasteiger partial charge in [0.1, 0.15) is 5.75 Å². The molecule has 2 aromatic rings. The number of anilines is 3. The van der Waals surface area contributed by atoms with Crippen LogP contribution in [0.5, 0.6) is 5.75 Å². The van der Waals surface area contributed by atoms with E-state index in [2.05, 4.69) is 55.7 Å². The fraction of sp³-hybridized carbons (Fsp3) is 0.500. The number of amides is 1. The van der Waals surface area contributed by atoms with Gasteiger partial charge in [0.05, 0.1) is 30.7 Å². The van der Waals surface area contributed by atoms with Gasteiger partial charge >= 0.3 is 11.8 Å². The lowest BCUT2D eigenvalue weighted by atomic mass is 10.1. The minimum absolute atomic E-state index is 0.0272. The van der Waals surface area contributed by atoms with Gasteiger partial charge in [0, 0.05) is 0 Å². The van der Waals surface area contributed by atoms with Gasteiger partial charge in [-0.15, -0.1) is 6.58 Å². The number of benzene rings is 1. The molecule has 1 aromatic heterocycles. The molecule has 0 aliphatic heterocycles. The van der Waals surface area contributed by atoms with Gasteiger partial charge in [0.15, 0.2) is 0 Å². The fourth-order valence-electron chi connectivity index (χ4n) is 3.36. The van der Waals surface area contributed by atoms with Gasteiger partial charge < -0.3 is 25.3 Å². The highest BCUT2D eigenvalue weighted by molar-refractivity contribution is 6.74. The Morgan fingerprint density at radius 1 is 1.36 bits per heavy atom. The number of nitrogens with one attached hydrogen (secondary N) is 1. The van der Waals surface area contributed by atoms with Crippen LogP contribution in [0.1, 0.15) is 46.1 Å². The molecule has 0 saturated carbocycles. The van der Waals surface area contributed by atoms with Crippen LogP contribution < -0.4 is 20.4 Å². The Morgan fingerprint density at radius 3 is 2.62 bits per heavy atom. The van der Waals surface area contributed by atoms with Gasteiger partial charge in [-0.1, -0.05) is 39.0 Å². The number of rotatable bonds is 13. The lowest BCUT2D eigenvalue weighted by Crippen LogP contribution is -2.43. The smallest absolute Gasteiger partial charge is 0.415 e. The number of nitrogens with two attached hydrogens (primary N) is 1. The molecule has 0 bridgehead atoms. The molecule has 214 valence electrons. The van der Waals surface area contributed by atoms with E-state index < -0.39 is 36.9 Å². The van der Waals surface area contributed by atoms with Crippen LogP contribution in [-0.2, 0) is 11.3 Å². The highest BCUT2D eigenvalue weighted by Crippen LogP contribution is 2.38. The molecule has 1 unspecified atom stereocenters. The number of carbonyl (C=O) groups excluding carboxylic acids is 1. The average molecular weight is 561 g/mol. The van der Waals surface area contributed by atoms with Crippen LogP contribution in [0.2, 0.25) is 18.1 Å². The third-order valence-corrected chi connectivity index (χ3v) is 10.9. The molecule has 12 nitrogen and oxygen atoms in total. The van der Waals surface area contributed by atoms with E-state index in [1.807, 2.05) is 6.07 Å². The van der Waals surface area contributed by atoms with Crippen molar-refractivity contribution in [3.05, 3.63) is 52.6 Å². The maximum absolute atomic E-state index is 13.1. The van der Waals surface area contributed by atoms with Crippen molar-refractivity contribution in [3.8, 4) is 5.75 Å². The van der Waals surface area contributed by atoms with Crippen molar-refractivity contribution < 1.29 is 24.0 Å². The minimum atomic E-state index is -2.14. The Labute approximate surface area is 230 Å². The van der Waals surface area contributed by atoms with Crippen LogP contribution in [0.3, 0.4) is 0 Å². The van der Waals surface area contributed by atoms with E-state index in [0.717, 1.165) is 4.90 Å². The van der Waals surface area contributed by atoms with E-state index >= 15 is 0 Å². The van der Waals surface area contributed by atoms with Crippen LogP contribution in [-0.4, -0.2) is 53.7 Å². The number of nitro groups is 1. The number of aliphatic hydroxyl groups is 1. The maximum atomic E-state index is 13.1. The van der Waals surface area contributed by atoms with Gasteiger partial charge in [0.2, 0.25) is 25.9 Å². The molecule has 1 aromatic carbocycles. The second-order valence-corrected chi connectivity index (χ2v) is 15.3. The van der Waals surface area contributed by atoms with Crippen molar-refractivity contribution in [2.24, 2.45) is 0 Å². The summed E-state index contributed by atoms with van der Waals surface area (Å²) in [5.41, 5.74) is 5.98. The number of carbonyl (C=O) groups is 1. The minimum Gasteiger partial charge on any atom is -0.543 e. The molecule has 4 N–H and O–H groups in total. The average Bonchev–Trinajstić information content (AvgIpc) is 2.83. The molecule has 0 fully saturated rings. The lowest BCUT2D eigenvalue weighted by molar-refractivity contribution is -0.383. The number of hydrogen-bond acceptors (Lipinski definition) is 10. The molecule has 39 heavy (non-hydrogen) atoms. The fourth-order valence-corrected chi connectivity index (χ4v) is 4.39.